The van der Waals surface area contributed by atoms with Gasteiger partial charge in [-0.15, -0.1) is 0 Å². The van der Waals surface area contributed by atoms with Crippen LogP contribution in [0.25, 0.3) is 11.3 Å². The van der Waals surface area contributed by atoms with Gasteiger partial charge in [0.05, 0.1) is 29.8 Å². The number of fused-ring (bicyclic) bond motifs is 4. The van der Waals surface area contributed by atoms with Crippen LogP contribution in [0.2, 0.25) is 0 Å². The summed E-state index contributed by atoms with van der Waals surface area (Å²) in [6.45, 7) is 5.11. The Hall–Kier alpha value is -3.09. The molecule has 3 N–H and O–H groups in total. The normalized spacial score (nSPS) is 35.8. The molecule has 0 unspecified atom stereocenters. The third-order valence-corrected chi connectivity index (χ3v) is 11.4. The molecule has 1 aromatic carbocycles. The molecule has 0 amide bonds. The molecule has 1 aliphatic heterocycles. The van der Waals surface area contributed by atoms with E-state index in [0.29, 0.717) is 18.4 Å². The molecule has 8 atom stereocenters. The van der Waals surface area contributed by atoms with Crippen molar-refractivity contribution in [1.82, 2.24) is 4.98 Å². The molecule has 2 saturated carbocycles. The molecule has 0 saturated heterocycles. The summed E-state index contributed by atoms with van der Waals surface area (Å²) in [5.41, 5.74) is -3.41. The topological polar surface area (TPSA) is 156 Å². The molecule has 0 bridgehead atoms. The van der Waals surface area contributed by atoms with Crippen LogP contribution in [0.1, 0.15) is 51.7 Å². The van der Waals surface area contributed by atoms with E-state index in [1.165, 1.54) is 18.2 Å². The summed E-state index contributed by atoms with van der Waals surface area (Å²) in [5, 5.41) is 34.8. The van der Waals surface area contributed by atoms with Gasteiger partial charge in [-0.25, -0.2) is 4.79 Å². The van der Waals surface area contributed by atoms with Crippen molar-refractivity contribution in [2.24, 2.45) is 22.7 Å². The molecule has 224 valence electrons. The molecule has 42 heavy (non-hydrogen) atoms. The summed E-state index contributed by atoms with van der Waals surface area (Å²) in [5.74, 6) is -0.917. The molecule has 6 rings (SSSR count). The minimum absolute atomic E-state index is 0.00278. The molecular formula is C31H35NO9S. The Balaban J connectivity index is 1.38. The van der Waals surface area contributed by atoms with Crippen LogP contribution in [0.3, 0.4) is 0 Å². The number of aliphatic hydroxyl groups is 3. The van der Waals surface area contributed by atoms with Gasteiger partial charge >= 0.3 is 5.63 Å². The Kier molecular flexibility index (Phi) is 6.90. The smallest absolute Gasteiger partial charge is 0.345 e. The molecule has 3 aromatic rings. The van der Waals surface area contributed by atoms with Crippen LogP contribution in [0.4, 0.5) is 0 Å². The molecule has 2 fully saturated rings. The molecule has 10 nitrogen and oxygen atoms in total. The fourth-order valence-electron chi connectivity index (χ4n) is 7.92. The van der Waals surface area contributed by atoms with E-state index in [2.05, 4.69) is 4.98 Å². The number of rotatable bonds is 5. The van der Waals surface area contributed by atoms with Gasteiger partial charge in [0.25, 0.3) is 10.1 Å². The van der Waals surface area contributed by atoms with Crippen molar-refractivity contribution in [3.05, 3.63) is 76.9 Å². The highest BCUT2D eigenvalue weighted by molar-refractivity contribution is 7.86. The van der Waals surface area contributed by atoms with E-state index in [9.17, 15) is 28.5 Å². The van der Waals surface area contributed by atoms with Crippen LogP contribution in [-0.2, 0) is 14.3 Å². The summed E-state index contributed by atoms with van der Waals surface area (Å²) >= 11 is 0. The first kappa shape index (κ1) is 29.0. The van der Waals surface area contributed by atoms with Gasteiger partial charge in [-0.3, -0.25) is 9.17 Å². The maximum absolute atomic E-state index is 13.3. The van der Waals surface area contributed by atoms with E-state index in [1.54, 1.807) is 56.6 Å². The number of benzene rings is 1. The van der Waals surface area contributed by atoms with Crippen molar-refractivity contribution >= 4 is 10.1 Å². The summed E-state index contributed by atoms with van der Waals surface area (Å²) < 4.78 is 43.6. The number of aliphatic hydroxyl groups excluding tert-OH is 3. The summed E-state index contributed by atoms with van der Waals surface area (Å²) in [4.78, 5) is 17.4. The van der Waals surface area contributed by atoms with Crippen molar-refractivity contribution in [3.8, 4) is 17.1 Å². The van der Waals surface area contributed by atoms with E-state index in [-0.39, 0.29) is 35.0 Å². The number of aromatic nitrogens is 1. The van der Waals surface area contributed by atoms with Crippen molar-refractivity contribution < 1.29 is 37.1 Å². The van der Waals surface area contributed by atoms with Gasteiger partial charge in [-0.05, 0) is 61.8 Å². The fraction of sp³-hybridized carbons (Fsp3) is 0.484. The second-order valence-corrected chi connectivity index (χ2v) is 14.1. The van der Waals surface area contributed by atoms with Crippen LogP contribution in [0.15, 0.2) is 75.0 Å². The largest absolute Gasteiger partial charge is 0.484 e. The van der Waals surface area contributed by atoms with Crippen molar-refractivity contribution in [2.45, 2.75) is 68.8 Å². The van der Waals surface area contributed by atoms with Crippen LogP contribution in [0, 0.1) is 22.7 Å². The van der Waals surface area contributed by atoms with Crippen LogP contribution in [0.5, 0.6) is 5.75 Å². The number of pyridine rings is 1. The van der Waals surface area contributed by atoms with Gasteiger partial charge in [-0.1, -0.05) is 32.0 Å². The molecular weight excluding hydrogens is 562 g/mol. The van der Waals surface area contributed by atoms with E-state index in [4.69, 9.17) is 13.3 Å². The van der Waals surface area contributed by atoms with Gasteiger partial charge < -0.3 is 24.5 Å². The third kappa shape index (κ3) is 4.32. The van der Waals surface area contributed by atoms with Gasteiger partial charge in [0, 0.05) is 35.4 Å². The summed E-state index contributed by atoms with van der Waals surface area (Å²) in [7, 11) is -4.12. The lowest BCUT2D eigenvalue weighted by atomic mass is 9.42. The lowest BCUT2D eigenvalue weighted by Gasteiger charge is -2.66. The highest BCUT2D eigenvalue weighted by Crippen LogP contribution is 2.66. The standard InChI is InChI=1S/C31H35NO9S/c1-29-12-11-23(33)30(2,17-39-42(37,38)19-9-5-4-6-10-19)22(29)15-24(34)31(3)27(29)26(35)25-21(41-31)14-20(40-28(25)36)18-8-7-13-32-16-18/h4-10,13-14,16,22-24,26-27,33-35H,11-12,15,17H2,1-3H3/t22-,23+,24+,26+,27-,29+,30+,31-/m1/s1. The molecule has 0 spiro atoms. The first-order valence-electron chi connectivity index (χ1n) is 14.1. The maximum Gasteiger partial charge on any atom is 0.345 e. The molecule has 0 radical (unpaired) electrons. The van der Waals surface area contributed by atoms with Crippen LogP contribution >= 0.6 is 0 Å². The van der Waals surface area contributed by atoms with Gasteiger partial charge in [0.1, 0.15) is 22.7 Å². The average Bonchev–Trinajstić information content (AvgIpc) is 2.96. The van der Waals surface area contributed by atoms with Crippen molar-refractivity contribution in [3.63, 3.8) is 0 Å². The molecule has 2 aliphatic carbocycles. The monoisotopic (exact) mass is 597 g/mol. The number of nitrogens with zero attached hydrogens (tertiary/aromatic N) is 1. The fourth-order valence-corrected chi connectivity index (χ4v) is 8.95. The maximum atomic E-state index is 13.3. The Morgan fingerprint density at radius 1 is 1.05 bits per heavy atom. The molecule has 3 aliphatic rings. The third-order valence-electron chi connectivity index (χ3n) is 10.2. The van der Waals surface area contributed by atoms with E-state index in [0.717, 1.165) is 0 Å². The lowest BCUT2D eigenvalue weighted by Crippen LogP contribution is -2.70. The molecule has 11 heteroatoms. The minimum atomic E-state index is -4.12. The highest BCUT2D eigenvalue weighted by Gasteiger charge is 2.69. The van der Waals surface area contributed by atoms with E-state index < -0.39 is 62.3 Å². The van der Waals surface area contributed by atoms with Crippen LogP contribution in [-0.4, -0.2) is 53.1 Å². The second-order valence-electron chi connectivity index (χ2n) is 12.5. The molecule has 2 aromatic heterocycles. The SMILES string of the molecule is C[C@]12CC[C@H](O)[C@@](C)(COS(=O)(=O)c3ccccc3)[C@@H]1C[C@H](O)[C@@]1(C)Oc3cc(-c4cccnc4)oc(=O)c3[C@H](O)[C@H]21. The Morgan fingerprint density at radius 3 is 2.48 bits per heavy atom. The van der Waals surface area contributed by atoms with E-state index >= 15 is 0 Å². The number of hydrogen-bond donors (Lipinski definition) is 3. The molecule has 3 heterocycles. The quantitative estimate of drug-likeness (QED) is 0.372. The first-order valence-corrected chi connectivity index (χ1v) is 15.5. The highest BCUT2D eigenvalue weighted by atomic mass is 32.2. The Morgan fingerprint density at radius 2 is 1.79 bits per heavy atom. The van der Waals surface area contributed by atoms with Crippen molar-refractivity contribution in [1.29, 1.82) is 0 Å². The summed E-state index contributed by atoms with van der Waals surface area (Å²) in [6.07, 6.45) is 0.643. The first-order chi connectivity index (χ1) is 19.8. The average molecular weight is 598 g/mol. The Labute approximate surface area is 244 Å². The van der Waals surface area contributed by atoms with Crippen molar-refractivity contribution in [2.75, 3.05) is 6.61 Å². The second kappa shape index (κ2) is 9.99. The minimum Gasteiger partial charge on any atom is -0.484 e. The zero-order chi connectivity index (χ0) is 30.1. The van der Waals surface area contributed by atoms with Gasteiger partial charge in [-0.2, -0.15) is 8.42 Å². The number of hydrogen-bond acceptors (Lipinski definition) is 10. The number of ether oxygens (including phenoxy) is 1. The summed E-state index contributed by atoms with van der Waals surface area (Å²) in [6, 6.07) is 12.8. The zero-order valence-corrected chi connectivity index (χ0v) is 24.5. The zero-order valence-electron chi connectivity index (χ0n) is 23.6. The predicted molar refractivity (Wildman–Crippen MR) is 151 cm³/mol. The Bertz CT molecular complexity index is 1650. The van der Waals surface area contributed by atoms with Gasteiger partial charge in [0.2, 0.25) is 0 Å². The predicted octanol–water partition coefficient (Wildman–Crippen LogP) is 3.46. The van der Waals surface area contributed by atoms with E-state index in [1.807, 2.05) is 6.92 Å². The van der Waals surface area contributed by atoms with Crippen LogP contribution < -0.4 is 10.4 Å². The van der Waals surface area contributed by atoms with Gasteiger partial charge in [0.15, 0.2) is 0 Å². The lowest BCUT2D eigenvalue weighted by molar-refractivity contribution is -0.263.